The third-order valence-corrected chi connectivity index (χ3v) is 5.12. The third kappa shape index (κ3) is 4.18. The smallest absolute Gasteiger partial charge is 0.232 e. The third-order valence-electron chi connectivity index (χ3n) is 3.83. The molecule has 2 aliphatic heterocycles. The van der Waals surface area contributed by atoms with Crippen LogP contribution in [0.25, 0.3) is 0 Å². The molecular weight excluding hydrogens is 232 g/mol. The van der Waals surface area contributed by atoms with Gasteiger partial charge in [0.2, 0.25) is 5.91 Å². The molecule has 0 aromatic carbocycles. The quantitative estimate of drug-likeness (QED) is 0.834. The molecule has 98 valence electrons. The number of nitrogens with one attached hydrogen (secondary N) is 1. The molecule has 1 N–H and O–H groups in total. The van der Waals surface area contributed by atoms with Crippen molar-refractivity contribution in [2.24, 2.45) is 5.92 Å². The fraction of sp³-hybridized carbons (Fsp3) is 0.923. The molecule has 1 unspecified atom stereocenters. The summed E-state index contributed by atoms with van der Waals surface area (Å²) in [5, 5.41) is 4.05. The van der Waals surface area contributed by atoms with E-state index in [1.165, 1.54) is 25.7 Å². The zero-order valence-corrected chi connectivity index (χ0v) is 11.6. The van der Waals surface area contributed by atoms with E-state index >= 15 is 0 Å². The fourth-order valence-corrected chi connectivity index (χ4v) is 3.63. The van der Waals surface area contributed by atoms with E-state index in [9.17, 15) is 4.79 Å². The summed E-state index contributed by atoms with van der Waals surface area (Å²) in [7, 11) is 0. The Kier molecular flexibility index (Phi) is 5.16. The van der Waals surface area contributed by atoms with E-state index in [0.29, 0.717) is 16.9 Å². The lowest BCUT2D eigenvalue weighted by atomic mass is 9.99. The minimum absolute atomic E-state index is 0.354. The molecule has 0 bridgehead atoms. The first-order valence-electron chi connectivity index (χ1n) is 6.86. The molecule has 4 heteroatoms. The average molecular weight is 256 g/mol. The second-order valence-electron chi connectivity index (χ2n) is 5.34. The maximum Gasteiger partial charge on any atom is 0.232 e. The molecule has 2 aliphatic rings. The number of thioether (sulfide) groups is 1. The Balaban J connectivity index is 1.66. The van der Waals surface area contributed by atoms with Gasteiger partial charge in [0.05, 0.1) is 5.75 Å². The Morgan fingerprint density at radius 1 is 1.35 bits per heavy atom. The van der Waals surface area contributed by atoms with Crippen molar-refractivity contribution in [1.82, 2.24) is 10.2 Å². The van der Waals surface area contributed by atoms with Gasteiger partial charge in [0, 0.05) is 24.9 Å². The zero-order chi connectivity index (χ0) is 12.1. The van der Waals surface area contributed by atoms with Gasteiger partial charge in [0.1, 0.15) is 0 Å². The Bertz CT molecular complexity index is 246. The Hall–Kier alpha value is -0.220. The Morgan fingerprint density at radius 3 is 2.76 bits per heavy atom. The van der Waals surface area contributed by atoms with Crippen LogP contribution in [0.15, 0.2) is 0 Å². The SMILES string of the molecule is CC1CCN(C(=O)CSC2CCCNC2)CC1. The molecule has 0 aliphatic carbocycles. The molecule has 2 saturated heterocycles. The highest BCUT2D eigenvalue weighted by Gasteiger charge is 2.21. The second kappa shape index (κ2) is 6.64. The number of piperidine rings is 2. The van der Waals surface area contributed by atoms with Crippen LogP contribution in [-0.4, -0.2) is 48.0 Å². The van der Waals surface area contributed by atoms with Crippen LogP contribution in [0, 0.1) is 5.92 Å². The first-order chi connectivity index (χ1) is 8.25. The maximum atomic E-state index is 12.0. The van der Waals surface area contributed by atoms with Gasteiger partial charge in [-0.25, -0.2) is 0 Å². The van der Waals surface area contributed by atoms with Gasteiger partial charge in [0.25, 0.3) is 0 Å². The van der Waals surface area contributed by atoms with Crippen molar-refractivity contribution in [2.45, 2.75) is 37.9 Å². The van der Waals surface area contributed by atoms with Crippen molar-refractivity contribution >= 4 is 17.7 Å². The predicted molar refractivity (Wildman–Crippen MR) is 73.3 cm³/mol. The Labute approximate surface area is 109 Å². The number of hydrogen-bond donors (Lipinski definition) is 1. The van der Waals surface area contributed by atoms with Gasteiger partial charge in [-0.15, -0.1) is 11.8 Å². The van der Waals surface area contributed by atoms with Crippen LogP contribution in [0.2, 0.25) is 0 Å². The van der Waals surface area contributed by atoms with Crippen LogP contribution in [-0.2, 0) is 4.79 Å². The summed E-state index contributed by atoms with van der Waals surface area (Å²) in [6.45, 7) is 6.46. The summed E-state index contributed by atoms with van der Waals surface area (Å²) in [5.41, 5.74) is 0. The normalized spacial score (nSPS) is 27.1. The van der Waals surface area contributed by atoms with Crippen LogP contribution in [0.3, 0.4) is 0 Å². The minimum Gasteiger partial charge on any atom is -0.342 e. The standard InChI is InChI=1S/C13H24N2OS/c1-11-4-7-15(8-5-11)13(16)10-17-12-3-2-6-14-9-12/h11-12,14H,2-10H2,1H3. The van der Waals surface area contributed by atoms with E-state index in [2.05, 4.69) is 17.1 Å². The largest absolute Gasteiger partial charge is 0.342 e. The number of carbonyl (C=O) groups excluding carboxylic acids is 1. The fourth-order valence-electron chi connectivity index (χ4n) is 2.50. The van der Waals surface area contributed by atoms with Gasteiger partial charge < -0.3 is 10.2 Å². The van der Waals surface area contributed by atoms with Crippen LogP contribution in [0.5, 0.6) is 0 Å². The zero-order valence-electron chi connectivity index (χ0n) is 10.8. The lowest BCUT2D eigenvalue weighted by Crippen LogP contribution is -2.40. The lowest BCUT2D eigenvalue weighted by molar-refractivity contribution is -0.129. The molecule has 1 atom stereocenters. The minimum atomic E-state index is 0.354. The van der Waals surface area contributed by atoms with Gasteiger partial charge in [-0.3, -0.25) is 4.79 Å². The number of amides is 1. The van der Waals surface area contributed by atoms with Crippen molar-refractivity contribution < 1.29 is 4.79 Å². The van der Waals surface area contributed by atoms with E-state index in [1.54, 1.807) is 0 Å². The number of likely N-dealkylation sites (tertiary alicyclic amines) is 1. The molecule has 2 rings (SSSR count). The van der Waals surface area contributed by atoms with Crippen LogP contribution in [0.1, 0.15) is 32.6 Å². The van der Waals surface area contributed by atoms with E-state index in [1.807, 2.05) is 11.8 Å². The van der Waals surface area contributed by atoms with E-state index < -0.39 is 0 Å². The van der Waals surface area contributed by atoms with Gasteiger partial charge in [-0.05, 0) is 38.1 Å². The summed E-state index contributed by atoms with van der Waals surface area (Å²) in [6.07, 6.45) is 4.89. The average Bonchev–Trinajstić information content (AvgIpc) is 2.38. The highest BCUT2D eigenvalue weighted by Crippen LogP contribution is 2.21. The summed E-state index contributed by atoms with van der Waals surface area (Å²) >= 11 is 1.85. The van der Waals surface area contributed by atoms with Gasteiger partial charge in [0.15, 0.2) is 0 Å². The Morgan fingerprint density at radius 2 is 2.12 bits per heavy atom. The second-order valence-corrected chi connectivity index (χ2v) is 6.63. The van der Waals surface area contributed by atoms with Crippen molar-refractivity contribution in [3.05, 3.63) is 0 Å². The lowest BCUT2D eigenvalue weighted by Gasteiger charge is -2.31. The van der Waals surface area contributed by atoms with Crippen LogP contribution in [0.4, 0.5) is 0 Å². The maximum absolute atomic E-state index is 12.0. The number of rotatable bonds is 3. The topological polar surface area (TPSA) is 32.3 Å². The first kappa shape index (κ1) is 13.2. The molecule has 3 nitrogen and oxygen atoms in total. The highest BCUT2D eigenvalue weighted by molar-refractivity contribution is 8.00. The number of hydrogen-bond acceptors (Lipinski definition) is 3. The molecule has 0 radical (unpaired) electrons. The van der Waals surface area contributed by atoms with Crippen molar-refractivity contribution in [3.63, 3.8) is 0 Å². The molecule has 0 aromatic heterocycles. The summed E-state index contributed by atoms with van der Waals surface area (Å²) < 4.78 is 0. The summed E-state index contributed by atoms with van der Waals surface area (Å²) in [5.74, 6) is 1.84. The van der Waals surface area contributed by atoms with Crippen molar-refractivity contribution in [1.29, 1.82) is 0 Å². The molecule has 0 saturated carbocycles. The van der Waals surface area contributed by atoms with E-state index in [0.717, 1.165) is 32.1 Å². The van der Waals surface area contributed by atoms with Gasteiger partial charge in [-0.1, -0.05) is 6.92 Å². The predicted octanol–water partition coefficient (Wildman–Crippen LogP) is 1.73. The molecule has 0 aromatic rings. The van der Waals surface area contributed by atoms with Crippen molar-refractivity contribution in [2.75, 3.05) is 31.9 Å². The molecule has 2 fully saturated rings. The van der Waals surface area contributed by atoms with Gasteiger partial charge in [-0.2, -0.15) is 0 Å². The molecule has 1 amide bonds. The molecule has 2 heterocycles. The first-order valence-corrected chi connectivity index (χ1v) is 7.90. The monoisotopic (exact) mass is 256 g/mol. The highest BCUT2D eigenvalue weighted by atomic mass is 32.2. The van der Waals surface area contributed by atoms with Crippen molar-refractivity contribution in [3.8, 4) is 0 Å². The van der Waals surface area contributed by atoms with E-state index in [4.69, 9.17) is 0 Å². The molecule has 0 spiro atoms. The molecule has 17 heavy (non-hydrogen) atoms. The summed E-state index contributed by atoms with van der Waals surface area (Å²) in [4.78, 5) is 14.1. The van der Waals surface area contributed by atoms with E-state index in [-0.39, 0.29) is 0 Å². The van der Waals surface area contributed by atoms with Crippen LogP contribution >= 0.6 is 11.8 Å². The summed E-state index contributed by atoms with van der Waals surface area (Å²) in [6, 6.07) is 0. The van der Waals surface area contributed by atoms with Crippen LogP contribution < -0.4 is 5.32 Å². The van der Waals surface area contributed by atoms with Gasteiger partial charge >= 0.3 is 0 Å². The molecular formula is C13H24N2OS. The number of carbonyl (C=O) groups is 1. The number of nitrogens with zero attached hydrogens (tertiary/aromatic N) is 1.